The summed E-state index contributed by atoms with van der Waals surface area (Å²) < 4.78 is 35.1. The van der Waals surface area contributed by atoms with Gasteiger partial charge in [0.25, 0.3) is 6.43 Å². The number of ether oxygens (including phenoxy) is 2. The van der Waals surface area contributed by atoms with Crippen LogP contribution >= 0.6 is 0 Å². The number of aromatic nitrogens is 1. The largest absolute Gasteiger partial charge is 0.494 e. The van der Waals surface area contributed by atoms with Crippen LogP contribution in [0.1, 0.15) is 23.4 Å². The lowest BCUT2D eigenvalue weighted by molar-refractivity contribution is -0.139. The fraction of sp³-hybridized carbons (Fsp3) is 0.455. The number of halogens is 2. The molecule has 1 aromatic rings. The van der Waals surface area contributed by atoms with Crippen molar-refractivity contribution >= 4 is 5.97 Å². The lowest BCUT2D eigenvalue weighted by Crippen LogP contribution is -2.12. The van der Waals surface area contributed by atoms with Crippen LogP contribution in [0.3, 0.4) is 0 Å². The van der Waals surface area contributed by atoms with Crippen LogP contribution in [0.2, 0.25) is 0 Å². The second-order valence-corrected chi connectivity index (χ2v) is 3.44. The third kappa shape index (κ3) is 3.13. The summed E-state index contributed by atoms with van der Waals surface area (Å²) in [6.45, 7) is -0.00210. The molecule has 0 aliphatic carbocycles. The average Bonchev–Trinajstić information content (AvgIpc) is 2.37. The summed E-state index contributed by atoms with van der Waals surface area (Å²) in [6.07, 6.45) is -2.97. The SMILES string of the molecule is COC(=O)Cc1nc(CN)cc(C(F)F)c1OC. The topological polar surface area (TPSA) is 74.4 Å². The van der Waals surface area contributed by atoms with Crippen molar-refractivity contribution in [1.82, 2.24) is 4.98 Å². The number of carbonyl (C=O) groups excluding carboxylic acids is 1. The van der Waals surface area contributed by atoms with Gasteiger partial charge in [-0.1, -0.05) is 0 Å². The Labute approximate surface area is 103 Å². The maximum absolute atomic E-state index is 12.9. The monoisotopic (exact) mass is 260 g/mol. The molecule has 0 unspecified atom stereocenters. The van der Waals surface area contributed by atoms with Crippen molar-refractivity contribution in [3.05, 3.63) is 23.0 Å². The van der Waals surface area contributed by atoms with Gasteiger partial charge >= 0.3 is 5.97 Å². The normalized spacial score (nSPS) is 10.6. The average molecular weight is 260 g/mol. The zero-order valence-electron chi connectivity index (χ0n) is 10.1. The van der Waals surface area contributed by atoms with Crippen molar-refractivity contribution in [3.63, 3.8) is 0 Å². The van der Waals surface area contributed by atoms with Crippen molar-refractivity contribution in [2.45, 2.75) is 19.4 Å². The van der Waals surface area contributed by atoms with Crippen LogP contribution in [0.15, 0.2) is 6.07 Å². The van der Waals surface area contributed by atoms with Gasteiger partial charge in [-0.2, -0.15) is 0 Å². The highest BCUT2D eigenvalue weighted by molar-refractivity contribution is 5.73. The molecule has 0 saturated carbocycles. The summed E-state index contributed by atoms with van der Waals surface area (Å²) >= 11 is 0. The molecule has 1 aromatic heterocycles. The van der Waals surface area contributed by atoms with E-state index in [4.69, 9.17) is 10.5 Å². The van der Waals surface area contributed by atoms with Gasteiger partial charge in [0.05, 0.1) is 37.6 Å². The zero-order chi connectivity index (χ0) is 13.7. The highest BCUT2D eigenvalue weighted by Crippen LogP contribution is 2.32. The van der Waals surface area contributed by atoms with E-state index in [0.717, 1.165) is 0 Å². The summed E-state index contributed by atoms with van der Waals surface area (Å²) in [5, 5.41) is 0. The number of esters is 1. The third-order valence-corrected chi connectivity index (χ3v) is 2.31. The van der Waals surface area contributed by atoms with E-state index in [9.17, 15) is 13.6 Å². The standard InChI is InChI=1S/C11H14F2N2O3/c1-17-9(16)4-8-10(18-2)7(11(12)13)3-6(5-14)15-8/h3,11H,4-5,14H2,1-2H3. The van der Waals surface area contributed by atoms with Gasteiger partial charge in [-0.15, -0.1) is 0 Å². The number of nitrogens with two attached hydrogens (primary N) is 1. The molecular weight excluding hydrogens is 246 g/mol. The van der Waals surface area contributed by atoms with E-state index < -0.39 is 12.4 Å². The van der Waals surface area contributed by atoms with Crippen LogP contribution in [0.4, 0.5) is 8.78 Å². The molecule has 100 valence electrons. The predicted molar refractivity (Wildman–Crippen MR) is 59.4 cm³/mol. The molecule has 7 heteroatoms. The summed E-state index contributed by atoms with van der Waals surface area (Å²) in [5.41, 5.74) is 5.42. The van der Waals surface area contributed by atoms with Gasteiger partial charge in [-0.25, -0.2) is 8.78 Å². The van der Waals surface area contributed by atoms with Gasteiger partial charge < -0.3 is 15.2 Å². The van der Waals surface area contributed by atoms with E-state index in [1.165, 1.54) is 20.3 Å². The van der Waals surface area contributed by atoms with Crippen LogP contribution in [-0.2, 0) is 22.5 Å². The predicted octanol–water partition coefficient (Wildman–Crippen LogP) is 1.20. The van der Waals surface area contributed by atoms with Crippen molar-refractivity contribution in [1.29, 1.82) is 0 Å². The van der Waals surface area contributed by atoms with Crippen LogP contribution in [0.25, 0.3) is 0 Å². The van der Waals surface area contributed by atoms with Gasteiger partial charge in [-0.3, -0.25) is 9.78 Å². The number of nitrogens with zero attached hydrogens (tertiary/aromatic N) is 1. The van der Waals surface area contributed by atoms with Gasteiger partial charge in [0, 0.05) is 6.54 Å². The van der Waals surface area contributed by atoms with E-state index >= 15 is 0 Å². The molecule has 0 aliphatic rings. The third-order valence-electron chi connectivity index (χ3n) is 2.31. The minimum Gasteiger partial charge on any atom is -0.494 e. The van der Waals surface area contributed by atoms with Gasteiger partial charge in [0.15, 0.2) is 0 Å². The van der Waals surface area contributed by atoms with Crippen LogP contribution in [0.5, 0.6) is 5.75 Å². The molecule has 0 radical (unpaired) electrons. The molecule has 0 amide bonds. The van der Waals surface area contributed by atoms with Gasteiger partial charge in [-0.05, 0) is 6.07 Å². The minimum atomic E-state index is -2.73. The Kier molecular flexibility index (Phi) is 4.96. The highest BCUT2D eigenvalue weighted by Gasteiger charge is 2.21. The van der Waals surface area contributed by atoms with Crippen LogP contribution < -0.4 is 10.5 Å². The van der Waals surface area contributed by atoms with Crippen molar-refractivity contribution in [2.24, 2.45) is 5.73 Å². The lowest BCUT2D eigenvalue weighted by Gasteiger charge is -2.13. The number of carbonyl (C=O) groups is 1. The Morgan fingerprint density at radius 2 is 2.17 bits per heavy atom. The Hall–Kier alpha value is -1.76. The summed E-state index contributed by atoms with van der Waals surface area (Å²) in [4.78, 5) is 15.2. The maximum Gasteiger partial charge on any atom is 0.311 e. The van der Waals surface area contributed by atoms with Crippen LogP contribution in [0, 0.1) is 0 Å². The molecule has 0 aliphatic heterocycles. The number of hydrogen-bond acceptors (Lipinski definition) is 5. The Morgan fingerprint density at radius 1 is 1.50 bits per heavy atom. The second-order valence-electron chi connectivity index (χ2n) is 3.44. The Morgan fingerprint density at radius 3 is 2.61 bits per heavy atom. The van der Waals surface area contributed by atoms with E-state index in [2.05, 4.69) is 9.72 Å². The summed E-state index contributed by atoms with van der Waals surface area (Å²) in [6, 6.07) is 1.17. The minimum absolute atomic E-state index is 0.00210. The van der Waals surface area contributed by atoms with Crippen molar-refractivity contribution < 1.29 is 23.0 Å². The second kappa shape index (κ2) is 6.25. The fourth-order valence-electron chi connectivity index (χ4n) is 1.50. The van der Waals surface area contributed by atoms with E-state index in [1.807, 2.05) is 0 Å². The van der Waals surface area contributed by atoms with Gasteiger partial charge in [0.1, 0.15) is 5.75 Å². The van der Waals surface area contributed by atoms with Crippen molar-refractivity contribution in [2.75, 3.05) is 14.2 Å². The molecule has 0 saturated heterocycles. The molecule has 0 spiro atoms. The molecule has 0 atom stereocenters. The molecule has 1 heterocycles. The summed E-state index contributed by atoms with van der Waals surface area (Å²) in [5.74, 6) is -0.692. The number of alkyl halides is 2. The summed E-state index contributed by atoms with van der Waals surface area (Å²) in [7, 11) is 2.45. The molecule has 18 heavy (non-hydrogen) atoms. The first kappa shape index (κ1) is 14.3. The number of hydrogen-bond donors (Lipinski definition) is 1. The zero-order valence-corrected chi connectivity index (χ0v) is 10.1. The number of pyridine rings is 1. The molecule has 0 aromatic carbocycles. The smallest absolute Gasteiger partial charge is 0.311 e. The fourth-order valence-corrected chi connectivity index (χ4v) is 1.50. The maximum atomic E-state index is 12.9. The lowest BCUT2D eigenvalue weighted by atomic mass is 10.1. The molecule has 1 rings (SSSR count). The Balaban J connectivity index is 3.28. The highest BCUT2D eigenvalue weighted by atomic mass is 19.3. The molecular formula is C11H14F2N2O3. The Bertz CT molecular complexity index is 439. The van der Waals surface area contributed by atoms with E-state index in [1.54, 1.807) is 0 Å². The van der Waals surface area contributed by atoms with E-state index in [-0.39, 0.29) is 35.7 Å². The first-order valence-electron chi connectivity index (χ1n) is 5.15. The molecule has 2 N–H and O–H groups in total. The van der Waals surface area contributed by atoms with E-state index in [0.29, 0.717) is 0 Å². The number of methoxy groups -OCH3 is 2. The van der Waals surface area contributed by atoms with Crippen molar-refractivity contribution in [3.8, 4) is 5.75 Å². The first-order valence-corrected chi connectivity index (χ1v) is 5.15. The molecule has 5 nitrogen and oxygen atoms in total. The molecule has 0 bridgehead atoms. The first-order chi connectivity index (χ1) is 8.53. The van der Waals surface area contributed by atoms with Gasteiger partial charge in [0.2, 0.25) is 0 Å². The number of rotatable bonds is 5. The van der Waals surface area contributed by atoms with Crippen LogP contribution in [-0.4, -0.2) is 25.2 Å². The molecule has 0 fully saturated rings. The quantitative estimate of drug-likeness (QED) is 0.805.